The first-order valence-electron chi connectivity index (χ1n) is 7.21. The lowest BCUT2D eigenvalue weighted by Crippen LogP contribution is -2.01. The molecule has 2 aromatic heterocycles. The molecule has 112 valence electrons. The van der Waals surface area contributed by atoms with Gasteiger partial charge in [0, 0.05) is 22.1 Å². The number of aryl methyl sites for hydroxylation is 1. The number of fused-ring (bicyclic) bond motifs is 2. The van der Waals surface area contributed by atoms with Crippen molar-refractivity contribution in [1.29, 1.82) is 0 Å². The quantitative estimate of drug-likeness (QED) is 0.472. The first-order valence-corrected chi connectivity index (χ1v) is 8.00. The molecular formula is C19H12BrNO2. The van der Waals surface area contributed by atoms with Crippen molar-refractivity contribution in [3.8, 4) is 11.5 Å². The Balaban J connectivity index is 1.97. The summed E-state index contributed by atoms with van der Waals surface area (Å²) in [5.74, 6) is 0.476. The molecule has 4 aromatic rings. The van der Waals surface area contributed by atoms with Gasteiger partial charge in [-0.1, -0.05) is 40.2 Å². The van der Waals surface area contributed by atoms with Crippen molar-refractivity contribution >= 4 is 37.7 Å². The van der Waals surface area contributed by atoms with Crippen LogP contribution in [-0.4, -0.2) is 4.98 Å². The number of nitrogens with zero attached hydrogens (tertiary/aromatic N) is 1. The average Bonchev–Trinajstić information content (AvgIpc) is 2.56. The molecule has 0 saturated carbocycles. The van der Waals surface area contributed by atoms with Gasteiger partial charge in [0.05, 0.1) is 5.39 Å². The second-order valence-electron chi connectivity index (χ2n) is 5.49. The Labute approximate surface area is 140 Å². The topological polar surface area (TPSA) is 43.1 Å². The highest BCUT2D eigenvalue weighted by atomic mass is 79.9. The second kappa shape index (κ2) is 5.32. The molecule has 2 aromatic carbocycles. The summed E-state index contributed by atoms with van der Waals surface area (Å²) in [6.45, 7) is 1.95. The molecule has 0 unspecified atom stereocenters. The van der Waals surface area contributed by atoms with Crippen molar-refractivity contribution in [2.45, 2.75) is 6.92 Å². The number of hydrogen-bond acceptors (Lipinski definition) is 3. The van der Waals surface area contributed by atoms with Crippen LogP contribution in [0.3, 0.4) is 0 Å². The van der Waals surface area contributed by atoms with Crippen LogP contribution in [0, 0.1) is 6.92 Å². The number of hydrogen-bond donors (Lipinski definition) is 0. The minimum Gasteiger partial charge on any atom is -0.454 e. The van der Waals surface area contributed by atoms with Gasteiger partial charge in [0.15, 0.2) is 11.2 Å². The number of benzene rings is 2. The monoisotopic (exact) mass is 365 g/mol. The van der Waals surface area contributed by atoms with Gasteiger partial charge in [0.1, 0.15) is 11.3 Å². The van der Waals surface area contributed by atoms with E-state index in [0.717, 1.165) is 20.8 Å². The zero-order valence-electron chi connectivity index (χ0n) is 12.3. The molecule has 0 aliphatic carbocycles. The third kappa shape index (κ3) is 2.45. The van der Waals surface area contributed by atoms with E-state index in [4.69, 9.17) is 4.42 Å². The van der Waals surface area contributed by atoms with Crippen molar-refractivity contribution in [1.82, 2.24) is 4.98 Å². The summed E-state index contributed by atoms with van der Waals surface area (Å²) in [5, 5.41) is 2.69. The minimum absolute atomic E-state index is 0.0631. The molecule has 0 bridgehead atoms. The van der Waals surface area contributed by atoms with Crippen molar-refractivity contribution in [3.05, 3.63) is 75.0 Å². The standard InChI is InChI=1S/C19H12BrNO2/c1-11-6-14-17(22)9-19(23-18(14)8-15(11)20)16-7-12-4-2-3-5-13(12)10-21-16/h2-10H,1H3. The third-order valence-electron chi connectivity index (χ3n) is 3.89. The highest BCUT2D eigenvalue weighted by Gasteiger charge is 2.10. The van der Waals surface area contributed by atoms with E-state index in [2.05, 4.69) is 20.9 Å². The molecule has 0 spiro atoms. The minimum atomic E-state index is -0.0631. The summed E-state index contributed by atoms with van der Waals surface area (Å²) >= 11 is 3.48. The molecule has 3 nitrogen and oxygen atoms in total. The molecule has 0 atom stereocenters. The van der Waals surface area contributed by atoms with Crippen LogP contribution in [-0.2, 0) is 0 Å². The van der Waals surface area contributed by atoms with Crippen LogP contribution in [0.15, 0.2) is 68.4 Å². The molecule has 0 radical (unpaired) electrons. The molecule has 0 fully saturated rings. The Morgan fingerprint density at radius 2 is 1.83 bits per heavy atom. The van der Waals surface area contributed by atoms with Crippen LogP contribution in [0.4, 0.5) is 0 Å². The van der Waals surface area contributed by atoms with Gasteiger partial charge >= 0.3 is 0 Å². The van der Waals surface area contributed by atoms with Crippen LogP contribution >= 0.6 is 15.9 Å². The summed E-state index contributed by atoms with van der Waals surface area (Å²) < 4.78 is 6.83. The van der Waals surface area contributed by atoms with Gasteiger partial charge in [-0.3, -0.25) is 9.78 Å². The first kappa shape index (κ1) is 14.2. The normalized spacial score (nSPS) is 11.2. The lowest BCUT2D eigenvalue weighted by molar-refractivity contribution is 0.616. The van der Waals surface area contributed by atoms with Crippen LogP contribution in [0.2, 0.25) is 0 Å². The summed E-state index contributed by atoms with van der Waals surface area (Å²) in [6, 6.07) is 15.1. The molecule has 4 rings (SSSR count). The molecule has 4 heteroatoms. The Bertz CT molecular complexity index is 1120. The number of rotatable bonds is 1. The van der Waals surface area contributed by atoms with Gasteiger partial charge in [0.25, 0.3) is 0 Å². The highest BCUT2D eigenvalue weighted by molar-refractivity contribution is 9.10. The van der Waals surface area contributed by atoms with Crippen molar-refractivity contribution in [3.63, 3.8) is 0 Å². The zero-order chi connectivity index (χ0) is 16.0. The number of halogens is 1. The molecular weight excluding hydrogens is 354 g/mol. The largest absolute Gasteiger partial charge is 0.454 e. The number of aromatic nitrogens is 1. The summed E-state index contributed by atoms with van der Waals surface area (Å²) in [5.41, 5.74) is 2.15. The van der Waals surface area contributed by atoms with E-state index in [1.807, 2.05) is 49.4 Å². The molecule has 23 heavy (non-hydrogen) atoms. The SMILES string of the molecule is Cc1cc2c(=O)cc(-c3cc4ccccc4cn3)oc2cc1Br. The van der Waals surface area contributed by atoms with Gasteiger partial charge < -0.3 is 4.42 Å². The fraction of sp³-hybridized carbons (Fsp3) is 0.0526. The third-order valence-corrected chi connectivity index (χ3v) is 4.75. The van der Waals surface area contributed by atoms with E-state index >= 15 is 0 Å². The van der Waals surface area contributed by atoms with Crippen LogP contribution in [0.1, 0.15) is 5.56 Å². The highest BCUT2D eigenvalue weighted by Crippen LogP contribution is 2.27. The van der Waals surface area contributed by atoms with Gasteiger partial charge in [0.2, 0.25) is 0 Å². The molecule has 0 amide bonds. The van der Waals surface area contributed by atoms with Gasteiger partial charge in [-0.25, -0.2) is 0 Å². The smallest absolute Gasteiger partial charge is 0.193 e. The van der Waals surface area contributed by atoms with E-state index in [0.29, 0.717) is 22.4 Å². The molecule has 0 aliphatic rings. The van der Waals surface area contributed by atoms with Crippen molar-refractivity contribution in [2.24, 2.45) is 0 Å². The predicted molar refractivity (Wildman–Crippen MR) is 95.7 cm³/mol. The molecule has 2 heterocycles. The van der Waals surface area contributed by atoms with E-state index in [1.54, 1.807) is 6.20 Å². The zero-order valence-corrected chi connectivity index (χ0v) is 13.9. The van der Waals surface area contributed by atoms with Crippen LogP contribution in [0.25, 0.3) is 33.2 Å². The van der Waals surface area contributed by atoms with E-state index < -0.39 is 0 Å². The lowest BCUT2D eigenvalue weighted by atomic mass is 10.1. The summed E-state index contributed by atoms with van der Waals surface area (Å²) in [4.78, 5) is 16.8. The van der Waals surface area contributed by atoms with Crippen molar-refractivity contribution in [2.75, 3.05) is 0 Å². The molecule has 0 N–H and O–H groups in total. The van der Waals surface area contributed by atoms with Gasteiger partial charge in [-0.2, -0.15) is 0 Å². The Hall–Kier alpha value is -2.46. The first-order chi connectivity index (χ1) is 11.1. The summed E-state index contributed by atoms with van der Waals surface area (Å²) in [7, 11) is 0. The predicted octanol–water partition coefficient (Wildman–Crippen LogP) is 5.08. The van der Waals surface area contributed by atoms with E-state index in [-0.39, 0.29) is 5.43 Å². The summed E-state index contributed by atoms with van der Waals surface area (Å²) in [6.07, 6.45) is 1.79. The maximum Gasteiger partial charge on any atom is 0.193 e. The van der Waals surface area contributed by atoms with Gasteiger partial charge in [-0.05, 0) is 36.1 Å². The average molecular weight is 366 g/mol. The van der Waals surface area contributed by atoms with Gasteiger partial charge in [-0.15, -0.1) is 0 Å². The Morgan fingerprint density at radius 3 is 2.65 bits per heavy atom. The number of pyridine rings is 1. The Kier molecular flexibility index (Phi) is 3.27. The molecule has 0 saturated heterocycles. The van der Waals surface area contributed by atoms with Crippen molar-refractivity contribution < 1.29 is 4.42 Å². The maximum absolute atomic E-state index is 12.4. The second-order valence-corrected chi connectivity index (χ2v) is 6.34. The van der Waals surface area contributed by atoms with Crippen LogP contribution in [0.5, 0.6) is 0 Å². The van der Waals surface area contributed by atoms with Crippen LogP contribution < -0.4 is 5.43 Å². The maximum atomic E-state index is 12.4. The lowest BCUT2D eigenvalue weighted by Gasteiger charge is -2.06. The van der Waals surface area contributed by atoms with E-state index in [1.165, 1.54) is 6.07 Å². The Morgan fingerprint density at radius 1 is 1.04 bits per heavy atom. The van der Waals surface area contributed by atoms with E-state index in [9.17, 15) is 4.79 Å². The fourth-order valence-electron chi connectivity index (χ4n) is 2.63. The fourth-order valence-corrected chi connectivity index (χ4v) is 2.95. The molecule has 0 aliphatic heterocycles.